The summed E-state index contributed by atoms with van der Waals surface area (Å²) in [6.07, 6.45) is 0. The van der Waals surface area contributed by atoms with Crippen molar-refractivity contribution in [2.45, 2.75) is 29.7 Å². The standard InChI is InChI=1S/C17H19BrN2O3S2/c1-12(2)20-25(22,23)16-9-5-14(6-10-16)19-17(21)11-24-15-7-3-13(18)4-8-15/h3-10,12,20H,11H2,1-2H3,(H,19,21). The van der Waals surface area contributed by atoms with Gasteiger partial charge in [0.05, 0.1) is 10.6 Å². The molecule has 2 N–H and O–H groups in total. The topological polar surface area (TPSA) is 75.3 Å². The number of carbonyl (C=O) groups excluding carboxylic acids is 1. The van der Waals surface area contributed by atoms with Gasteiger partial charge in [-0.25, -0.2) is 13.1 Å². The second kappa shape index (κ2) is 8.84. The van der Waals surface area contributed by atoms with Gasteiger partial charge in [-0.1, -0.05) is 15.9 Å². The van der Waals surface area contributed by atoms with Gasteiger partial charge in [-0.05, 0) is 62.4 Å². The number of anilines is 1. The quantitative estimate of drug-likeness (QED) is 0.638. The van der Waals surface area contributed by atoms with Crippen molar-refractivity contribution >= 4 is 49.3 Å². The van der Waals surface area contributed by atoms with E-state index >= 15 is 0 Å². The van der Waals surface area contributed by atoms with E-state index in [-0.39, 0.29) is 22.6 Å². The second-order valence-corrected chi connectivity index (χ2v) is 9.27. The van der Waals surface area contributed by atoms with Crippen LogP contribution in [0, 0.1) is 0 Å². The minimum absolute atomic E-state index is 0.149. The molecule has 8 heteroatoms. The van der Waals surface area contributed by atoms with Crippen LogP contribution in [0.15, 0.2) is 62.8 Å². The molecule has 1 amide bonds. The molecule has 0 aliphatic carbocycles. The lowest BCUT2D eigenvalue weighted by Crippen LogP contribution is -2.30. The Labute approximate surface area is 160 Å². The molecule has 5 nitrogen and oxygen atoms in total. The number of rotatable bonds is 7. The smallest absolute Gasteiger partial charge is 0.240 e. The third-order valence-electron chi connectivity index (χ3n) is 3.02. The van der Waals surface area contributed by atoms with E-state index in [1.807, 2.05) is 24.3 Å². The van der Waals surface area contributed by atoms with Crippen LogP contribution in [0.3, 0.4) is 0 Å². The SMILES string of the molecule is CC(C)NS(=O)(=O)c1ccc(NC(=O)CSc2ccc(Br)cc2)cc1. The Morgan fingerprint density at radius 1 is 1.08 bits per heavy atom. The second-order valence-electron chi connectivity index (χ2n) is 5.59. The fourth-order valence-corrected chi connectivity index (χ4v) is 4.19. The van der Waals surface area contributed by atoms with E-state index in [0.29, 0.717) is 5.69 Å². The number of thioether (sulfide) groups is 1. The number of hydrogen-bond acceptors (Lipinski definition) is 4. The third kappa shape index (κ3) is 6.47. The summed E-state index contributed by atoms with van der Waals surface area (Å²) in [7, 11) is -3.53. The molecule has 0 unspecified atom stereocenters. The van der Waals surface area contributed by atoms with Crippen molar-refractivity contribution in [3.05, 3.63) is 53.0 Å². The first-order chi connectivity index (χ1) is 11.8. The summed E-state index contributed by atoms with van der Waals surface area (Å²) in [6.45, 7) is 3.52. The largest absolute Gasteiger partial charge is 0.325 e. The van der Waals surface area contributed by atoms with Gasteiger partial charge in [0.25, 0.3) is 0 Å². The highest BCUT2D eigenvalue weighted by Gasteiger charge is 2.15. The average molecular weight is 443 g/mol. The highest BCUT2D eigenvalue weighted by molar-refractivity contribution is 9.10. The van der Waals surface area contributed by atoms with Gasteiger partial charge in [-0.3, -0.25) is 4.79 Å². The normalized spacial score (nSPS) is 11.5. The van der Waals surface area contributed by atoms with Crippen molar-refractivity contribution in [1.82, 2.24) is 4.72 Å². The first kappa shape index (κ1) is 20.0. The van der Waals surface area contributed by atoms with Gasteiger partial charge in [0.15, 0.2) is 0 Å². The van der Waals surface area contributed by atoms with E-state index in [4.69, 9.17) is 0 Å². The Hall–Kier alpha value is -1.35. The summed E-state index contributed by atoms with van der Waals surface area (Å²) in [4.78, 5) is 13.2. The minimum Gasteiger partial charge on any atom is -0.325 e. The third-order valence-corrected chi connectivity index (χ3v) is 6.24. The van der Waals surface area contributed by atoms with Gasteiger partial charge in [0, 0.05) is 21.1 Å². The summed E-state index contributed by atoms with van der Waals surface area (Å²) in [5, 5.41) is 2.76. The number of nitrogens with one attached hydrogen (secondary N) is 2. The molecule has 0 atom stereocenters. The van der Waals surface area contributed by atoms with Crippen LogP contribution in [0.4, 0.5) is 5.69 Å². The molecule has 0 saturated heterocycles. The number of hydrogen-bond donors (Lipinski definition) is 2. The maximum absolute atomic E-state index is 12.1. The monoisotopic (exact) mass is 442 g/mol. The molecule has 0 radical (unpaired) electrons. The Balaban J connectivity index is 1.92. The summed E-state index contributed by atoms with van der Waals surface area (Å²) < 4.78 is 27.6. The number of amides is 1. The van der Waals surface area contributed by atoms with Crippen molar-refractivity contribution < 1.29 is 13.2 Å². The molecule has 0 bridgehead atoms. The van der Waals surface area contributed by atoms with Gasteiger partial charge in [-0.2, -0.15) is 0 Å². The zero-order valence-electron chi connectivity index (χ0n) is 13.8. The number of benzene rings is 2. The molecule has 0 heterocycles. The highest BCUT2D eigenvalue weighted by atomic mass is 79.9. The average Bonchev–Trinajstić information content (AvgIpc) is 2.54. The fraction of sp³-hybridized carbons (Fsp3) is 0.235. The molecule has 0 aromatic heterocycles. The summed E-state index contributed by atoms with van der Waals surface area (Å²) in [5.41, 5.74) is 0.560. The van der Waals surface area contributed by atoms with Crippen molar-refractivity contribution in [2.24, 2.45) is 0 Å². The van der Waals surface area contributed by atoms with Crippen molar-refractivity contribution in [3.8, 4) is 0 Å². The van der Waals surface area contributed by atoms with Gasteiger partial charge < -0.3 is 5.32 Å². The Morgan fingerprint density at radius 3 is 2.24 bits per heavy atom. The van der Waals surface area contributed by atoms with E-state index in [1.54, 1.807) is 26.0 Å². The molecule has 0 saturated carbocycles. The van der Waals surface area contributed by atoms with Crippen LogP contribution in [-0.2, 0) is 14.8 Å². The predicted molar refractivity (Wildman–Crippen MR) is 105 cm³/mol. The first-order valence-corrected chi connectivity index (χ1v) is 10.8. The van der Waals surface area contributed by atoms with E-state index in [9.17, 15) is 13.2 Å². The van der Waals surface area contributed by atoms with Crippen molar-refractivity contribution in [1.29, 1.82) is 0 Å². The van der Waals surface area contributed by atoms with Crippen molar-refractivity contribution in [3.63, 3.8) is 0 Å². The van der Waals surface area contributed by atoms with E-state index in [1.165, 1.54) is 23.9 Å². The summed E-state index contributed by atoms with van der Waals surface area (Å²) in [6, 6.07) is 13.6. The molecule has 134 valence electrons. The van der Waals surface area contributed by atoms with Gasteiger partial charge >= 0.3 is 0 Å². The van der Waals surface area contributed by atoms with E-state index in [2.05, 4.69) is 26.0 Å². The molecule has 0 aliphatic rings. The molecule has 0 fully saturated rings. The number of carbonyl (C=O) groups is 1. The zero-order chi connectivity index (χ0) is 18.4. The molecule has 25 heavy (non-hydrogen) atoms. The van der Waals surface area contributed by atoms with Gasteiger partial charge in [0.2, 0.25) is 15.9 Å². The molecular weight excluding hydrogens is 424 g/mol. The lowest BCUT2D eigenvalue weighted by molar-refractivity contribution is -0.113. The van der Waals surface area contributed by atoms with Gasteiger partial charge in [0.1, 0.15) is 0 Å². The lowest BCUT2D eigenvalue weighted by Gasteiger charge is -2.10. The number of halogens is 1. The van der Waals surface area contributed by atoms with E-state index < -0.39 is 10.0 Å². The predicted octanol–water partition coefficient (Wildman–Crippen LogP) is 3.87. The highest BCUT2D eigenvalue weighted by Crippen LogP contribution is 2.21. The maximum atomic E-state index is 12.1. The van der Waals surface area contributed by atoms with Crippen LogP contribution in [0.2, 0.25) is 0 Å². The summed E-state index contributed by atoms with van der Waals surface area (Å²) in [5.74, 6) is 0.125. The number of sulfonamides is 1. The van der Waals surface area contributed by atoms with Crippen LogP contribution < -0.4 is 10.0 Å². The Kier molecular flexibility index (Phi) is 7.06. The molecule has 2 rings (SSSR count). The molecule has 2 aromatic carbocycles. The molecule has 2 aromatic rings. The Morgan fingerprint density at radius 2 is 1.68 bits per heavy atom. The van der Waals surface area contributed by atoms with Crippen LogP contribution in [0.25, 0.3) is 0 Å². The molecule has 0 spiro atoms. The van der Waals surface area contributed by atoms with E-state index in [0.717, 1.165) is 9.37 Å². The first-order valence-electron chi connectivity index (χ1n) is 7.57. The van der Waals surface area contributed by atoms with Gasteiger partial charge in [-0.15, -0.1) is 11.8 Å². The summed E-state index contributed by atoms with van der Waals surface area (Å²) >= 11 is 4.80. The Bertz CT molecular complexity index is 820. The fourth-order valence-electron chi connectivity index (χ4n) is 1.97. The minimum atomic E-state index is -3.53. The van der Waals surface area contributed by atoms with Crippen LogP contribution in [-0.4, -0.2) is 26.1 Å². The molecular formula is C17H19BrN2O3S2. The maximum Gasteiger partial charge on any atom is 0.240 e. The van der Waals surface area contributed by atoms with Crippen molar-refractivity contribution in [2.75, 3.05) is 11.1 Å². The van der Waals surface area contributed by atoms with Crippen LogP contribution >= 0.6 is 27.7 Å². The lowest BCUT2D eigenvalue weighted by atomic mass is 10.3. The zero-order valence-corrected chi connectivity index (χ0v) is 17.0. The molecule has 0 aliphatic heterocycles. The van der Waals surface area contributed by atoms with Crippen LogP contribution in [0.5, 0.6) is 0 Å². The van der Waals surface area contributed by atoms with Crippen LogP contribution in [0.1, 0.15) is 13.8 Å².